The smallest absolute Gasteiger partial charge is 0.394 e. The van der Waals surface area contributed by atoms with Crippen LogP contribution in [0.1, 0.15) is 5.69 Å². The molecule has 4 rings (SSSR count). The van der Waals surface area contributed by atoms with Gasteiger partial charge in [0.25, 0.3) is 11.8 Å². The number of aliphatic hydroxyl groups excluding tert-OH is 1. The molecule has 2 atom stereocenters. The van der Waals surface area contributed by atoms with Gasteiger partial charge in [-0.05, 0) is 11.6 Å². The molecule has 0 spiro atoms. The van der Waals surface area contributed by atoms with E-state index >= 15 is 0 Å². The molecule has 2 amide bonds. The number of aromatic nitrogens is 3. The molecule has 1 unspecified atom stereocenters. The highest BCUT2D eigenvalue weighted by molar-refractivity contribution is 8.00. The van der Waals surface area contributed by atoms with Gasteiger partial charge in [-0.25, -0.2) is 9.78 Å². The fraction of sp³-hybridized carbons (Fsp3) is 0.368. The molecule has 2 aromatic heterocycles. The average Bonchev–Trinajstić information content (AvgIpc) is 3.45. The lowest BCUT2D eigenvalue weighted by Crippen LogP contribution is -2.71. The predicted molar refractivity (Wildman–Crippen MR) is 139 cm³/mol. The second kappa shape index (κ2) is 12.6. The van der Waals surface area contributed by atoms with E-state index in [1.54, 1.807) is 10.9 Å². The largest absolute Gasteiger partial charge is 0.477 e. The number of thioether (sulfide) groups is 1. The Kier molecular flexibility index (Phi) is 9.70. The number of hydrogen-bond donors (Lipinski definition) is 7. The number of nitrogens with two attached hydrogens (primary N) is 1. The molecule has 1 saturated heterocycles. The van der Waals surface area contributed by atoms with Gasteiger partial charge in [0.1, 0.15) is 35.4 Å². The molecule has 0 saturated carbocycles. The summed E-state index contributed by atoms with van der Waals surface area (Å²) in [5.74, 6) is -2.26. The first-order chi connectivity index (χ1) is 18.8. The lowest BCUT2D eigenvalue weighted by atomic mass is 10.0. The highest BCUT2D eigenvalue weighted by atomic mass is 32.3. The van der Waals surface area contributed by atoms with Gasteiger partial charge < -0.3 is 26.1 Å². The van der Waals surface area contributed by atoms with E-state index in [1.807, 2.05) is 0 Å². The van der Waals surface area contributed by atoms with E-state index in [1.165, 1.54) is 35.0 Å². The van der Waals surface area contributed by atoms with Gasteiger partial charge in [0.05, 0.1) is 19.7 Å². The van der Waals surface area contributed by atoms with Crippen molar-refractivity contribution < 1.29 is 47.0 Å². The van der Waals surface area contributed by atoms with E-state index in [2.05, 4.69) is 15.5 Å². The van der Waals surface area contributed by atoms with Crippen molar-refractivity contribution in [3.63, 3.8) is 0 Å². The van der Waals surface area contributed by atoms with E-state index in [-0.39, 0.29) is 53.2 Å². The zero-order valence-electron chi connectivity index (χ0n) is 20.5. The minimum atomic E-state index is -4.67. The molecule has 21 heteroatoms. The Morgan fingerprint density at radius 3 is 2.60 bits per heavy atom. The summed E-state index contributed by atoms with van der Waals surface area (Å²) >= 11 is 2.43. The number of carbonyl (C=O) groups excluding carboxylic acids is 2. The summed E-state index contributed by atoms with van der Waals surface area (Å²) in [6, 6.07) is 0.567. The number of nitrogens with one attached hydrogen (secondary N) is 2. The number of nitrogen functional groups attached to an aromatic ring is 1. The molecule has 18 nitrogen and oxygen atoms in total. The molecule has 2 aliphatic heterocycles. The number of anilines is 1. The Bertz CT molecular complexity index is 1520. The molecule has 0 aliphatic carbocycles. The first-order valence-electron chi connectivity index (χ1n) is 10.9. The third-order valence-corrected chi connectivity index (χ3v) is 7.37. The van der Waals surface area contributed by atoms with Gasteiger partial charge in [-0.15, -0.1) is 23.1 Å². The summed E-state index contributed by atoms with van der Waals surface area (Å²) < 4.78 is 34.7. The summed E-state index contributed by atoms with van der Waals surface area (Å²) in [5, 5.41) is 34.5. The molecule has 4 heterocycles. The fourth-order valence-electron chi connectivity index (χ4n) is 3.85. The number of aliphatic carboxylic acids is 1. The van der Waals surface area contributed by atoms with Crippen LogP contribution in [-0.4, -0.2) is 101 Å². The second-order valence-corrected chi connectivity index (χ2v) is 10.8. The number of hydrogen-bond acceptors (Lipinski definition) is 13. The maximum atomic E-state index is 13.0. The van der Waals surface area contributed by atoms with E-state index < -0.39 is 39.6 Å². The molecule has 2 aromatic rings. The monoisotopic (exact) mass is 620 g/mol. The van der Waals surface area contributed by atoms with Crippen LogP contribution in [0.15, 0.2) is 34.1 Å². The SMILES string of the molecule is CON=C(C(=O)NC1C(=O)N2C(C(=O)O)=C(Cn3ccc(=N)n3CCO)CS[C@@H]12)c1csc(N)n1.O=S(=O)(O)O. The normalized spacial score (nSPS) is 18.9. The highest BCUT2D eigenvalue weighted by Crippen LogP contribution is 2.40. The third kappa shape index (κ3) is 7.05. The Morgan fingerprint density at radius 1 is 1.38 bits per heavy atom. The Hall–Kier alpha value is -3.76. The van der Waals surface area contributed by atoms with Crippen LogP contribution in [0.25, 0.3) is 0 Å². The molecular formula is C19H24N8O10S3. The fourth-order valence-corrected chi connectivity index (χ4v) is 5.73. The topological polar surface area (TPSA) is 276 Å². The Labute approximate surface area is 233 Å². The van der Waals surface area contributed by atoms with Crippen LogP contribution in [0.3, 0.4) is 0 Å². The minimum absolute atomic E-state index is 0.122. The molecule has 40 heavy (non-hydrogen) atoms. The van der Waals surface area contributed by atoms with Gasteiger partial charge in [0.15, 0.2) is 10.8 Å². The minimum Gasteiger partial charge on any atom is -0.477 e. The van der Waals surface area contributed by atoms with Crippen molar-refractivity contribution in [3.8, 4) is 0 Å². The molecule has 0 bridgehead atoms. The number of aliphatic hydroxyl groups is 1. The summed E-state index contributed by atoms with van der Waals surface area (Å²) in [5.41, 5.74) is 6.14. The second-order valence-electron chi connectivity index (χ2n) is 7.90. The third-order valence-electron chi connectivity index (χ3n) is 5.36. The van der Waals surface area contributed by atoms with Gasteiger partial charge in [-0.1, -0.05) is 5.16 Å². The first kappa shape index (κ1) is 30.8. The van der Waals surface area contributed by atoms with Crippen LogP contribution in [0.2, 0.25) is 0 Å². The zero-order valence-corrected chi connectivity index (χ0v) is 22.9. The number of carboxylic acid groups (broad SMARTS) is 1. The van der Waals surface area contributed by atoms with Crippen LogP contribution >= 0.6 is 23.1 Å². The van der Waals surface area contributed by atoms with Gasteiger partial charge in [0, 0.05) is 17.3 Å². The van der Waals surface area contributed by atoms with E-state index in [0.717, 1.165) is 16.2 Å². The van der Waals surface area contributed by atoms with Crippen LogP contribution < -0.4 is 16.5 Å². The van der Waals surface area contributed by atoms with E-state index in [0.29, 0.717) is 5.57 Å². The number of nitrogens with zero attached hydrogens (tertiary/aromatic N) is 5. The van der Waals surface area contributed by atoms with Crippen LogP contribution in [0.5, 0.6) is 0 Å². The molecule has 0 aromatic carbocycles. The number of β-lactam (4-membered cyclic amide) rings is 1. The number of amides is 2. The van der Waals surface area contributed by atoms with Crippen molar-refractivity contribution in [2.24, 2.45) is 5.16 Å². The summed E-state index contributed by atoms with van der Waals surface area (Å²) in [4.78, 5) is 47.8. The molecule has 218 valence electrons. The van der Waals surface area contributed by atoms with E-state index in [9.17, 15) is 24.6 Å². The number of carboxylic acids is 1. The van der Waals surface area contributed by atoms with Gasteiger partial charge >= 0.3 is 16.4 Å². The maximum absolute atomic E-state index is 13.0. The summed E-state index contributed by atoms with van der Waals surface area (Å²) in [6.45, 7) is 0.108. The Morgan fingerprint density at radius 2 is 2.05 bits per heavy atom. The molecule has 0 radical (unpaired) electrons. The van der Waals surface area contributed by atoms with Crippen LogP contribution in [-0.2, 0) is 42.7 Å². The van der Waals surface area contributed by atoms with Crippen LogP contribution in [0, 0.1) is 5.41 Å². The number of rotatable bonds is 9. The number of thiazole rings is 1. The standard InChI is InChI=1S/C19H22N8O6S2.H2O4S/c1-33-24-12(10-8-35-19(21)22-10)15(29)23-13-16(30)27-14(18(31)32)9(7-34-17(13)27)6-25-3-2-11(20)26(25)4-5-28;1-5(2,3)4/h2-3,8,13,17,20,28H,4-7H2,1H3,(H2,21,22)(H,23,29)(H,31,32);(H2,1,2,3,4)/t13?,17-;/m0./s1. The Balaban J connectivity index is 0.000000810. The number of carbonyl (C=O) groups is 3. The lowest BCUT2D eigenvalue weighted by molar-refractivity contribution is -0.150. The maximum Gasteiger partial charge on any atom is 0.394 e. The molecular weight excluding hydrogens is 596 g/mol. The van der Waals surface area contributed by atoms with Crippen LogP contribution in [0.4, 0.5) is 5.13 Å². The molecule has 1 fully saturated rings. The number of fused-ring (bicyclic) bond motifs is 1. The molecule has 8 N–H and O–H groups in total. The average molecular weight is 621 g/mol. The van der Waals surface area contributed by atoms with Crippen molar-refractivity contribution in [1.29, 1.82) is 5.41 Å². The van der Waals surface area contributed by atoms with Crippen molar-refractivity contribution in [2.75, 3.05) is 25.2 Å². The van der Waals surface area contributed by atoms with Crippen molar-refractivity contribution in [1.82, 2.24) is 24.6 Å². The summed E-state index contributed by atoms with van der Waals surface area (Å²) in [6.07, 6.45) is 1.62. The lowest BCUT2D eigenvalue weighted by Gasteiger charge is -2.49. The highest BCUT2D eigenvalue weighted by Gasteiger charge is 2.54. The van der Waals surface area contributed by atoms with Gasteiger partial charge in [-0.2, -0.15) is 8.42 Å². The van der Waals surface area contributed by atoms with Gasteiger partial charge in [-0.3, -0.25) is 38.4 Å². The summed E-state index contributed by atoms with van der Waals surface area (Å²) in [7, 11) is -3.40. The van der Waals surface area contributed by atoms with Crippen molar-refractivity contribution in [3.05, 3.63) is 40.1 Å². The van der Waals surface area contributed by atoms with Crippen molar-refractivity contribution >= 4 is 62.1 Å². The van der Waals surface area contributed by atoms with Crippen molar-refractivity contribution in [2.45, 2.75) is 24.5 Å². The quantitative estimate of drug-likeness (QED) is 0.0688. The predicted octanol–water partition coefficient (Wildman–Crippen LogP) is -2.06. The number of oxime groups is 1. The van der Waals surface area contributed by atoms with Gasteiger partial charge in [0.2, 0.25) is 0 Å². The molecule has 2 aliphatic rings. The first-order valence-corrected chi connectivity index (χ1v) is 14.2. The van der Waals surface area contributed by atoms with E-state index in [4.69, 9.17) is 33.5 Å². The zero-order chi connectivity index (χ0) is 29.8.